The lowest BCUT2D eigenvalue weighted by molar-refractivity contribution is 1.17. The van der Waals surface area contributed by atoms with Gasteiger partial charge in [0.15, 0.2) is 0 Å². The van der Waals surface area contributed by atoms with Crippen molar-refractivity contribution >= 4 is 75.1 Å². The molecule has 0 spiro atoms. The number of rotatable bonds is 3. The Bertz CT molecular complexity index is 2740. The smallest absolute Gasteiger partial charge is 0.0719 e. The third-order valence-electron chi connectivity index (χ3n) is 9.29. The van der Waals surface area contributed by atoms with Crippen molar-refractivity contribution < 1.29 is 0 Å². The molecule has 0 N–H and O–H groups in total. The standard InChI is InChI=1S/C42H26N2S/c1-3-12-27(13-4-1)28-14-11-17-30(24-28)43-37-20-9-7-18-31(37)35-25-36-33-22-23-34-32-19-8-10-21-40(32)45-42(34)41(33)44(39(36)26-38(35)43)29-15-5-2-6-16-29/h1-26H. The highest BCUT2D eigenvalue weighted by atomic mass is 32.1. The van der Waals surface area contributed by atoms with Gasteiger partial charge in [0.25, 0.3) is 0 Å². The first-order valence-corrected chi connectivity index (χ1v) is 16.2. The van der Waals surface area contributed by atoms with E-state index in [4.69, 9.17) is 0 Å². The molecule has 0 fully saturated rings. The van der Waals surface area contributed by atoms with E-state index in [1.54, 1.807) is 0 Å². The van der Waals surface area contributed by atoms with Crippen LogP contribution in [-0.2, 0) is 0 Å². The summed E-state index contributed by atoms with van der Waals surface area (Å²) in [6.45, 7) is 0. The van der Waals surface area contributed by atoms with Gasteiger partial charge in [0.05, 0.1) is 26.8 Å². The fourth-order valence-corrected chi connectivity index (χ4v) is 8.56. The van der Waals surface area contributed by atoms with Crippen molar-refractivity contribution in [1.82, 2.24) is 9.13 Å². The summed E-state index contributed by atoms with van der Waals surface area (Å²) in [5.74, 6) is 0. The van der Waals surface area contributed by atoms with Crippen LogP contribution in [0.1, 0.15) is 0 Å². The zero-order chi connectivity index (χ0) is 29.5. The molecule has 3 heterocycles. The molecule has 7 aromatic carbocycles. The Morgan fingerprint density at radius 1 is 0.356 bits per heavy atom. The van der Waals surface area contributed by atoms with Gasteiger partial charge in [0.2, 0.25) is 0 Å². The first-order chi connectivity index (χ1) is 22.3. The van der Waals surface area contributed by atoms with Crippen LogP contribution in [0.2, 0.25) is 0 Å². The van der Waals surface area contributed by atoms with Crippen molar-refractivity contribution in [3.05, 3.63) is 158 Å². The van der Waals surface area contributed by atoms with Crippen LogP contribution in [0.5, 0.6) is 0 Å². The highest BCUT2D eigenvalue weighted by Gasteiger charge is 2.21. The molecule has 0 aliphatic heterocycles. The Hall–Kier alpha value is -5.64. The molecule has 0 aliphatic rings. The summed E-state index contributed by atoms with van der Waals surface area (Å²) in [5, 5.41) is 7.75. The summed E-state index contributed by atoms with van der Waals surface area (Å²) in [4.78, 5) is 0. The van der Waals surface area contributed by atoms with Crippen molar-refractivity contribution in [3.63, 3.8) is 0 Å². The molecule has 0 amide bonds. The molecule has 0 saturated heterocycles. The van der Waals surface area contributed by atoms with Crippen molar-refractivity contribution in [3.8, 4) is 22.5 Å². The predicted molar refractivity (Wildman–Crippen MR) is 193 cm³/mol. The molecular weight excluding hydrogens is 565 g/mol. The van der Waals surface area contributed by atoms with E-state index in [2.05, 4.69) is 167 Å². The lowest BCUT2D eigenvalue weighted by Crippen LogP contribution is -1.96. The van der Waals surface area contributed by atoms with Crippen LogP contribution in [0.25, 0.3) is 86.3 Å². The van der Waals surface area contributed by atoms with Gasteiger partial charge in [0.1, 0.15) is 0 Å². The molecule has 0 unspecified atom stereocenters. The van der Waals surface area contributed by atoms with Crippen molar-refractivity contribution in [2.75, 3.05) is 0 Å². The minimum atomic E-state index is 1.16. The van der Waals surface area contributed by atoms with E-state index in [1.165, 1.54) is 80.6 Å². The number of thiophene rings is 1. The summed E-state index contributed by atoms with van der Waals surface area (Å²) in [5.41, 5.74) is 9.70. The normalized spacial score (nSPS) is 12.0. The SMILES string of the molecule is c1ccc(-c2cccc(-n3c4ccccc4c4cc5c6ccc7c8ccccc8sc7c6n(-c6ccccc6)c5cc43)c2)cc1. The van der Waals surface area contributed by atoms with Gasteiger partial charge in [-0.2, -0.15) is 0 Å². The summed E-state index contributed by atoms with van der Waals surface area (Å²) in [6, 6.07) is 57.6. The number of hydrogen-bond donors (Lipinski definition) is 0. The van der Waals surface area contributed by atoms with Crippen LogP contribution in [-0.4, -0.2) is 9.13 Å². The maximum Gasteiger partial charge on any atom is 0.0719 e. The molecule has 3 heteroatoms. The number of para-hydroxylation sites is 2. The zero-order valence-electron chi connectivity index (χ0n) is 24.3. The van der Waals surface area contributed by atoms with E-state index in [-0.39, 0.29) is 0 Å². The molecule has 45 heavy (non-hydrogen) atoms. The van der Waals surface area contributed by atoms with Gasteiger partial charge in [-0.05, 0) is 59.7 Å². The average Bonchev–Trinajstić information content (AvgIpc) is 3.75. The fraction of sp³-hybridized carbons (Fsp3) is 0. The van der Waals surface area contributed by atoms with Crippen molar-refractivity contribution in [2.24, 2.45) is 0 Å². The van der Waals surface area contributed by atoms with E-state index in [1.807, 2.05) is 11.3 Å². The minimum Gasteiger partial charge on any atom is -0.309 e. The zero-order valence-corrected chi connectivity index (χ0v) is 25.1. The van der Waals surface area contributed by atoms with Gasteiger partial charge >= 0.3 is 0 Å². The molecule has 0 atom stereocenters. The van der Waals surface area contributed by atoms with E-state index in [9.17, 15) is 0 Å². The third kappa shape index (κ3) is 3.56. The summed E-state index contributed by atoms with van der Waals surface area (Å²) < 4.78 is 7.59. The second-order valence-electron chi connectivity index (χ2n) is 11.8. The van der Waals surface area contributed by atoms with Crippen LogP contribution in [0.3, 0.4) is 0 Å². The molecule has 0 radical (unpaired) electrons. The molecule has 210 valence electrons. The molecule has 0 aliphatic carbocycles. The Morgan fingerprint density at radius 3 is 1.87 bits per heavy atom. The number of benzene rings is 7. The number of nitrogens with zero attached hydrogens (tertiary/aromatic N) is 2. The second kappa shape index (κ2) is 9.43. The van der Waals surface area contributed by atoms with Crippen LogP contribution in [0.15, 0.2) is 158 Å². The summed E-state index contributed by atoms with van der Waals surface area (Å²) in [7, 11) is 0. The number of fused-ring (bicyclic) bond motifs is 10. The second-order valence-corrected chi connectivity index (χ2v) is 12.8. The predicted octanol–water partition coefficient (Wildman–Crippen LogP) is 11.9. The van der Waals surface area contributed by atoms with Gasteiger partial charge in [-0.15, -0.1) is 11.3 Å². The van der Waals surface area contributed by atoms with Gasteiger partial charge in [-0.25, -0.2) is 0 Å². The topological polar surface area (TPSA) is 9.86 Å². The maximum absolute atomic E-state index is 2.49. The molecule has 3 aromatic heterocycles. The highest BCUT2D eigenvalue weighted by Crippen LogP contribution is 2.45. The average molecular weight is 591 g/mol. The minimum absolute atomic E-state index is 1.16. The fourth-order valence-electron chi connectivity index (χ4n) is 7.32. The van der Waals surface area contributed by atoms with Gasteiger partial charge in [-0.3, -0.25) is 0 Å². The molecule has 2 nitrogen and oxygen atoms in total. The molecule has 0 saturated carbocycles. The lowest BCUT2D eigenvalue weighted by Gasteiger charge is -2.11. The molecule has 10 aromatic rings. The largest absolute Gasteiger partial charge is 0.309 e. The Balaban J connectivity index is 1.36. The van der Waals surface area contributed by atoms with Crippen molar-refractivity contribution in [1.29, 1.82) is 0 Å². The monoisotopic (exact) mass is 590 g/mol. The van der Waals surface area contributed by atoms with Gasteiger partial charge < -0.3 is 9.13 Å². The van der Waals surface area contributed by atoms with Crippen LogP contribution >= 0.6 is 11.3 Å². The third-order valence-corrected chi connectivity index (χ3v) is 10.5. The lowest BCUT2D eigenvalue weighted by atomic mass is 10.1. The van der Waals surface area contributed by atoms with Crippen molar-refractivity contribution in [2.45, 2.75) is 0 Å². The van der Waals surface area contributed by atoms with Crippen LogP contribution in [0, 0.1) is 0 Å². The van der Waals surface area contributed by atoms with E-state index in [0.717, 1.165) is 5.69 Å². The maximum atomic E-state index is 2.49. The van der Waals surface area contributed by atoms with E-state index < -0.39 is 0 Å². The molecular formula is C42H26N2S. The molecule has 10 rings (SSSR count). The summed E-state index contributed by atoms with van der Waals surface area (Å²) >= 11 is 1.90. The van der Waals surface area contributed by atoms with E-state index >= 15 is 0 Å². The number of hydrogen-bond acceptors (Lipinski definition) is 1. The van der Waals surface area contributed by atoms with Gasteiger partial charge in [0, 0.05) is 48.4 Å². The summed E-state index contributed by atoms with van der Waals surface area (Å²) in [6.07, 6.45) is 0. The Morgan fingerprint density at radius 2 is 1.00 bits per heavy atom. The van der Waals surface area contributed by atoms with Gasteiger partial charge in [-0.1, -0.05) is 109 Å². The Kier molecular flexibility index (Phi) is 5.19. The first kappa shape index (κ1) is 24.8. The highest BCUT2D eigenvalue weighted by molar-refractivity contribution is 7.26. The van der Waals surface area contributed by atoms with Crippen LogP contribution in [0.4, 0.5) is 0 Å². The molecule has 0 bridgehead atoms. The first-order valence-electron chi connectivity index (χ1n) is 15.4. The van der Waals surface area contributed by atoms with E-state index in [0.29, 0.717) is 0 Å². The Labute approximate surface area is 263 Å². The number of aromatic nitrogens is 2. The quantitative estimate of drug-likeness (QED) is 0.194. The van der Waals surface area contributed by atoms with Crippen LogP contribution < -0.4 is 0 Å².